The first-order chi connectivity index (χ1) is 15.4. The Labute approximate surface area is 186 Å². The SMILES string of the molecule is NS(=O)(=O)c1ccc(OCCOC(=O)/C=C/c2ccc(OCc3ccccn3)cc2)cc1. The lowest BCUT2D eigenvalue weighted by atomic mass is 10.2. The second kappa shape index (κ2) is 11.1. The fraction of sp³-hybridized carbons (Fsp3) is 0.130. The Kier molecular flexibility index (Phi) is 7.96. The number of nitrogens with two attached hydrogens (primary N) is 1. The average Bonchev–Trinajstić information content (AvgIpc) is 2.80. The number of hydrogen-bond acceptors (Lipinski definition) is 7. The summed E-state index contributed by atoms with van der Waals surface area (Å²) < 4.78 is 38.6. The van der Waals surface area contributed by atoms with E-state index in [1.54, 1.807) is 12.3 Å². The summed E-state index contributed by atoms with van der Waals surface area (Å²) in [6, 6.07) is 18.5. The van der Waals surface area contributed by atoms with E-state index in [1.807, 2.05) is 42.5 Å². The van der Waals surface area contributed by atoms with Crippen molar-refractivity contribution in [3.63, 3.8) is 0 Å². The number of benzene rings is 2. The fourth-order valence-electron chi connectivity index (χ4n) is 2.56. The third kappa shape index (κ3) is 7.53. The molecule has 0 aliphatic heterocycles. The third-order valence-corrected chi connectivity index (χ3v) is 5.08. The molecule has 0 unspecified atom stereocenters. The molecule has 2 aromatic carbocycles. The molecule has 0 saturated heterocycles. The molecule has 1 heterocycles. The highest BCUT2D eigenvalue weighted by Gasteiger charge is 2.07. The molecule has 2 N–H and O–H groups in total. The highest BCUT2D eigenvalue weighted by molar-refractivity contribution is 7.89. The maximum atomic E-state index is 11.8. The summed E-state index contributed by atoms with van der Waals surface area (Å²) in [5.41, 5.74) is 1.65. The molecular weight excluding hydrogens is 432 g/mol. The van der Waals surface area contributed by atoms with Crippen molar-refractivity contribution in [1.29, 1.82) is 0 Å². The van der Waals surface area contributed by atoms with Gasteiger partial charge >= 0.3 is 5.97 Å². The number of carbonyl (C=O) groups excluding carboxylic acids is 1. The summed E-state index contributed by atoms with van der Waals surface area (Å²) in [6.45, 7) is 0.539. The maximum Gasteiger partial charge on any atom is 0.330 e. The van der Waals surface area contributed by atoms with E-state index in [9.17, 15) is 13.2 Å². The van der Waals surface area contributed by atoms with Crippen LogP contribution in [0.4, 0.5) is 0 Å². The van der Waals surface area contributed by atoms with Gasteiger partial charge in [-0.2, -0.15) is 0 Å². The Bertz CT molecular complexity index is 1150. The van der Waals surface area contributed by atoms with Gasteiger partial charge < -0.3 is 14.2 Å². The number of nitrogens with zero attached hydrogens (tertiary/aromatic N) is 1. The van der Waals surface area contributed by atoms with Crippen LogP contribution in [0.3, 0.4) is 0 Å². The van der Waals surface area contributed by atoms with Crippen LogP contribution in [0.1, 0.15) is 11.3 Å². The van der Waals surface area contributed by atoms with Gasteiger partial charge in [0.15, 0.2) is 0 Å². The van der Waals surface area contributed by atoms with Crippen molar-refractivity contribution < 1.29 is 27.4 Å². The number of pyridine rings is 1. The maximum absolute atomic E-state index is 11.8. The van der Waals surface area contributed by atoms with Crippen LogP contribution in [0.25, 0.3) is 6.08 Å². The lowest BCUT2D eigenvalue weighted by molar-refractivity contribution is -0.138. The number of rotatable bonds is 10. The van der Waals surface area contributed by atoms with E-state index < -0.39 is 16.0 Å². The number of aromatic nitrogens is 1. The van der Waals surface area contributed by atoms with Crippen LogP contribution in [0.15, 0.2) is 83.9 Å². The van der Waals surface area contributed by atoms with E-state index in [4.69, 9.17) is 19.3 Å². The van der Waals surface area contributed by atoms with Crippen LogP contribution in [0.5, 0.6) is 11.5 Å². The number of ether oxygens (including phenoxy) is 3. The van der Waals surface area contributed by atoms with Gasteiger partial charge in [-0.05, 0) is 60.2 Å². The Morgan fingerprint density at radius 2 is 1.59 bits per heavy atom. The van der Waals surface area contributed by atoms with Gasteiger partial charge in [0.25, 0.3) is 0 Å². The summed E-state index contributed by atoms with van der Waals surface area (Å²) >= 11 is 0. The van der Waals surface area contributed by atoms with Gasteiger partial charge in [-0.1, -0.05) is 18.2 Å². The van der Waals surface area contributed by atoms with Gasteiger partial charge in [0, 0.05) is 12.3 Å². The number of hydrogen-bond donors (Lipinski definition) is 1. The van der Waals surface area contributed by atoms with Crippen LogP contribution in [0, 0.1) is 0 Å². The van der Waals surface area contributed by atoms with Crippen molar-refractivity contribution in [2.24, 2.45) is 5.14 Å². The number of sulfonamides is 1. The number of esters is 1. The van der Waals surface area contributed by atoms with Gasteiger partial charge in [0.05, 0.1) is 10.6 Å². The molecule has 0 aliphatic carbocycles. The van der Waals surface area contributed by atoms with Gasteiger partial charge in [-0.3, -0.25) is 4.98 Å². The first-order valence-electron chi connectivity index (χ1n) is 9.63. The van der Waals surface area contributed by atoms with Gasteiger partial charge in [-0.25, -0.2) is 18.4 Å². The topological polar surface area (TPSA) is 118 Å². The summed E-state index contributed by atoms with van der Waals surface area (Å²) in [6.07, 6.45) is 4.67. The minimum Gasteiger partial charge on any atom is -0.490 e. The zero-order valence-electron chi connectivity index (χ0n) is 17.1. The van der Waals surface area contributed by atoms with Crippen LogP contribution in [0.2, 0.25) is 0 Å². The van der Waals surface area contributed by atoms with E-state index in [1.165, 1.54) is 30.3 Å². The molecule has 0 atom stereocenters. The molecule has 3 rings (SSSR count). The largest absolute Gasteiger partial charge is 0.490 e. The van der Waals surface area contributed by atoms with Crippen molar-refractivity contribution in [3.8, 4) is 11.5 Å². The van der Waals surface area contributed by atoms with Gasteiger partial charge in [0.2, 0.25) is 10.0 Å². The van der Waals surface area contributed by atoms with Crippen LogP contribution in [-0.4, -0.2) is 32.6 Å². The van der Waals surface area contributed by atoms with Crippen molar-refractivity contribution in [2.75, 3.05) is 13.2 Å². The van der Waals surface area contributed by atoms with Crippen molar-refractivity contribution in [3.05, 3.63) is 90.3 Å². The van der Waals surface area contributed by atoms with Crippen LogP contribution >= 0.6 is 0 Å². The van der Waals surface area contributed by atoms with E-state index >= 15 is 0 Å². The molecule has 8 nitrogen and oxygen atoms in total. The van der Waals surface area contributed by atoms with Crippen molar-refractivity contribution >= 4 is 22.1 Å². The van der Waals surface area contributed by atoms with E-state index in [0.717, 1.165) is 11.3 Å². The molecule has 166 valence electrons. The highest BCUT2D eigenvalue weighted by atomic mass is 32.2. The molecule has 0 spiro atoms. The average molecular weight is 455 g/mol. The van der Waals surface area contributed by atoms with Gasteiger partial charge in [0.1, 0.15) is 31.3 Å². The summed E-state index contributed by atoms with van der Waals surface area (Å²) in [5, 5.41) is 5.03. The van der Waals surface area contributed by atoms with Crippen LogP contribution < -0.4 is 14.6 Å². The summed E-state index contributed by atoms with van der Waals surface area (Å²) in [5.74, 6) is 0.632. The highest BCUT2D eigenvalue weighted by Crippen LogP contribution is 2.16. The molecule has 0 amide bonds. The molecule has 0 radical (unpaired) electrons. The lowest BCUT2D eigenvalue weighted by Crippen LogP contribution is -2.12. The van der Waals surface area contributed by atoms with E-state index in [0.29, 0.717) is 18.1 Å². The summed E-state index contributed by atoms with van der Waals surface area (Å²) in [7, 11) is -3.74. The third-order valence-electron chi connectivity index (χ3n) is 4.15. The number of primary sulfonamides is 1. The Hall–Kier alpha value is -3.69. The van der Waals surface area contributed by atoms with Crippen molar-refractivity contribution in [2.45, 2.75) is 11.5 Å². The van der Waals surface area contributed by atoms with Gasteiger partial charge in [-0.15, -0.1) is 0 Å². The lowest BCUT2D eigenvalue weighted by Gasteiger charge is -2.07. The minimum absolute atomic E-state index is 0.00536. The molecule has 1 aromatic heterocycles. The molecule has 0 bridgehead atoms. The monoisotopic (exact) mass is 454 g/mol. The smallest absolute Gasteiger partial charge is 0.330 e. The fourth-order valence-corrected chi connectivity index (χ4v) is 3.07. The predicted molar refractivity (Wildman–Crippen MR) is 118 cm³/mol. The zero-order valence-corrected chi connectivity index (χ0v) is 17.9. The van der Waals surface area contributed by atoms with Crippen molar-refractivity contribution in [1.82, 2.24) is 4.98 Å². The Morgan fingerprint density at radius 3 is 2.25 bits per heavy atom. The normalized spacial score (nSPS) is 11.3. The zero-order chi connectivity index (χ0) is 22.8. The minimum atomic E-state index is -3.74. The molecular formula is C23H22N2O6S. The van der Waals surface area contributed by atoms with Crippen LogP contribution in [-0.2, 0) is 26.2 Å². The molecule has 0 aliphatic rings. The quantitative estimate of drug-likeness (QED) is 0.284. The number of carbonyl (C=O) groups is 1. The molecule has 0 fully saturated rings. The van der Waals surface area contributed by atoms with E-state index in [-0.39, 0.29) is 18.1 Å². The second-order valence-electron chi connectivity index (χ2n) is 6.54. The molecule has 32 heavy (non-hydrogen) atoms. The molecule has 9 heteroatoms. The first-order valence-corrected chi connectivity index (χ1v) is 11.2. The second-order valence-corrected chi connectivity index (χ2v) is 8.11. The summed E-state index contributed by atoms with van der Waals surface area (Å²) in [4.78, 5) is 16.0. The molecule has 3 aromatic rings. The predicted octanol–water partition coefficient (Wildman–Crippen LogP) is 2.94. The standard InChI is InChI=1S/C23H22N2O6S/c24-32(27,28)22-11-9-20(10-12-22)29-15-16-30-23(26)13-6-18-4-7-21(8-5-18)31-17-19-3-1-2-14-25-19/h1-14H,15-17H2,(H2,24,27,28)/b13-6+. The molecule has 0 saturated carbocycles. The first kappa shape index (κ1) is 23.0. The Balaban J connectivity index is 1.37. The van der Waals surface area contributed by atoms with E-state index in [2.05, 4.69) is 4.98 Å². The Morgan fingerprint density at radius 1 is 0.906 bits per heavy atom.